The maximum Gasteiger partial charge on any atom is 0.387 e. The number of benzene rings is 1. The molecule has 3 N–H and O–H groups in total. The Morgan fingerprint density at radius 3 is 2.47 bits per heavy atom. The summed E-state index contributed by atoms with van der Waals surface area (Å²) in [4.78, 5) is 28.9. The smallest absolute Gasteiger partial charge is 0.387 e. The maximum atomic E-state index is 13.1. The number of ether oxygens (including phenoxy) is 2. The lowest BCUT2D eigenvalue weighted by Crippen LogP contribution is -2.60. The molecule has 32 heavy (non-hydrogen) atoms. The van der Waals surface area contributed by atoms with Crippen molar-refractivity contribution in [2.45, 2.75) is 63.3 Å². The Balaban J connectivity index is 1.53. The summed E-state index contributed by atoms with van der Waals surface area (Å²) in [5, 5.41) is 2.82. The van der Waals surface area contributed by atoms with Crippen molar-refractivity contribution >= 4 is 23.2 Å². The Kier molecular flexibility index (Phi) is 7.22. The lowest BCUT2D eigenvalue weighted by molar-refractivity contribution is -0.126. The van der Waals surface area contributed by atoms with Gasteiger partial charge in [-0.25, -0.2) is 0 Å². The summed E-state index contributed by atoms with van der Waals surface area (Å²) in [6, 6.07) is 4.67. The van der Waals surface area contributed by atoms with Crippen molar-refractivity contribution in [3.05, 3.63) is 18.2 Å². The van der Waals surface area contributed by atoms with Crippen LogP contribution in [0.25, 0.3) is 0 Å². The van der Waals surface area contributed by atoms with Crippen LogP contribution in [0, 0.1) is 0 Å². The van der Waals surface area contributed by atoms with E-state index in [1.54, 1.807) is 6.07 Å². The van der Waals surface area contributed by atoms with Crippen molar-refractivity contribution in [3.63, 3.8) is 0 Å². The molecule has 0 aromatic heterocycles. The Morgan fingerprint density at radius 2 is 1.94 bits per heavy atom. The van der Waals surface area contributed by atoms with E-state index in [4.69, 9.17) is 10.5 Å². The number of carbonyl (C=O) groups excluding carboxylic acids is 2. The summed E-state index contributed by atoms with van der Waals surface area (Å²) in [7, 11) is 0. The number of alkyl halides is 2. The second-order valence-electron chi connectivity index (χ2n) is 8.52. The topological polar surface area (TPSA) is 97.1 Å². The highest BCUT2D eigenvalue weighted by Gasteiger charge is 2.40. The summed E-state index contributed by atoms with van der Waals surface area (Å²) in [5.41, 5.74) is 6.55. The Morgan fingerprint density at radius 1 is 1.25 bits per heavy atom. The molecule has 3 fully saturated rings. The van der Waals surface area contributed by atoms with E-state index in [-0.39, 0.29) is 42.9 Å². The Bertz CT molecular complexity index is 818. The van der Waals surface area contributed by atoms with E-state index in [2.05, 4.69) is 15.0 Å². The first-order valence-electron chi connectivity index (χ1n) is 11.2. The van der Waals surface area contributed by atoms with Crippen molar-refractivity contribution in [1.82, 2.24) is 4.90 Å². The van der Waals surface area contributed by atoms with Gasteiger partial charge in [-0.3, -0.25) is 14.5 Å². The predicted molar refractivity (Wildman–Crippen MR) is 115 cm³/mol. The molecule has 8 nitrogen and oxygen atoms in total. The van der Waals surface area contributed by atoms with Crippen molar-refractivity contribution in [2.75, 3.05) is 36.5 Å². The molecule has 1 aliphatic heterocycles. The van der Waals surface area contributed by atoms with Gasteiger partial charge in [-0.1, -0.05) is 12.8 Å². The molecule has 0 unspecified atom stereocenters. The maximum absolute atomic E-state index is 13.1. The number of hydrogen-bond donors (Lipinski definition) is 2. The van der Waals surface area contributed by atoms with Crippen molar-refractivity contribution in [1.29, 1.82) is 0 Å². The van der Waals surface area contributed by atoms with Crippen molar-refractivity contribution in [3.8, 4) is 5.75 Å². The minimum Gasteiger partial charge on any atom is -0.433 e. The Hall–Kier alpha value is -2.30. The lowest BCUT2D eigenvalue weighted by Gasteiger charge is -2.49. The zero-order chi connectivity index (χ0) is 22.7. The molecule has 0 radical (unpaired) electrons. The van der Waals surface area contributed by atoms with Crippen LogP contribution in [0.2, 0.25) is 0 Å². The van der Waals surface area contributed by atoms with Gasteiger partial charge < -0.3 is 25.4 Å². The molecule has 1 aromatic carbocycles. The highest BCUT2D eigenvalue weighted by Crippen LogP contribution is 2.36. The number of anilines is 2. The molecule has 0 bridgehead atoms. The van der Waals surface area contributed by atoms with E-state index in [1.807, 2.05) is 0 Å². The molecule has 1 aromatic rings. The van der Waals surface area contributed by atoms with E-state index in [0.29, 0.717) is 24.4 Å². The fourth-order valence-electron chi connectivity index (χ4n) is 4.54. The highest BCUT2D eigenvalue weighted by molar-refractivity contribution is 5.98. The average Bonchev–Trinajstić information content (AvgIpc) is 2.66. The van der Waals surface area contributed by atoms with Gasteiger partial charge in [0.2, 0.25) is 5.91 Å². The molecule has 176 valence electrons. The first kappa shape index (κ1) is 22.9. The SMILES string of the molecule is NC[C@H](C(=O)Nc1ccc(N2CCOCC2=O)c(OC(F)F)c1)N(C1CCC1)C1CCC1. The normalized spacial score (nSPS) is 20.8. The number of rotatable bonds is 9. The van der Waals surface area contributed by atoms with Crippen LogP contribution in [0.15, 0.2) is 18.2 Å². The van der Waals surface area contributed by atoms with Crippen LogP contribution >= 0.6 is 0 Å². The number of carbonyl (C=O) groups is 2. The quantitative estimate of drug-likeness (QED) is 0.597. The van der Waals surface area contributed by atoms with Crippen LogP contribution in [0.4, 0.5) is 20.2 Å². The summed E-state index contributed by atoms with van der Waals surface area (Å²) in [6.45, 7) is -2.48. The van der Waals surface area contributed by atoms with Crippen LogP contribution in [0.1, 0.15) is 38.5 Å². The van der Waals surface area contributed by atoms with Gasteiger partial charge in [0, 0.05) is 36.9 Å². The van der Waals surface area contributed by atoms with Crippen molar-refractivity contribution < 1.29 is 27.8 Å². The van der Waals surface area contributed by atoms with Crippen LogP contribution in [0.5, 0.6) is 5.75 Å². The van der Waals surface area contributed by atoms with Crippen molar-refractivity contribution in [2.24, 2.45) is 5.73 Å². The van der Waals surface area contributed by atoms with Crippen LogP contribution in [-0.2, 0) is 14.3 Å². The lowest BCUT2D eigenvalue weighted by atomic mass is 9.83. The predicted octanol–water partition coefficient (Wildman–Crippen LogP) is 2.32. The van der Waals surface area contributed by atoms with Gasteiger partial charge in [0.15, 0.2) is 5.75 Å². The molecule has 1 heterocycles. The van der Waals surface area contributed by atoms with E-state index >= 15 is 0 Å². The molecule has 4 rings (SSSR count). The van der Waals surface area contributed by atoms with E-state index in [1.165, 1.54) is 17.0 Å². The highest BCUT2D eigenvalue weighted by atomic mass is 19.3. The monoisotopic (exact) mass is 452 g/mol. The number of nitrogens with one attached hydrogen (secondary N) is 1. The zero-order valence-electron chi connectivity index (χ0n) is 18.0. The van der Waals surface area contributed by atoms with Crippen LogP contribution < -0.4 is 20.7 Å². The third-order valence-electron chi connectivity index (χ3n) is 6.60. The third-order valence-corrected chi connectivity index (χ3v) is 6.60. The van der Waals surface area contributed by atoms with Crippen LogP contribution in [0.3, 0.4) is 0 Å². The number of hydrogen-bond acceptors (Lipinski definition) is 6. The molecule has 2 amide bonds. The molecule has 3 aliphatic rings. The first-order valence-corrected chi connectivity index (χ1v) is 11.2. The van der Waals surface area contributed by atoms with E-state index in [9.17, 15) is 18.4 Å². The summed E-state index contributed by atoms with van der Waals surface area (Å²) >= 11 is 0. The standard InChI is InChI=1S/C22H30F2N4O4/c23-22(24)32-19-11-14(7-8-17(19)27-9-10-31-13-20(27)29)26-21(30)18(12-25)28(15-3-1-4-15)16-5-2-6-16/h7-8,11,15-16,18,22H,1-6,9-10,12-13,25H2,(H,26,30)/t18-/m1/s1. The van der Waals surface area contributed by atoms with Gasteiger partial charge in [0.25, 0.3) is 5.91 Å². The van der Waals surface area contributed by atoms with Crippen LogP contribution in [-0.4, -0.2) is 67.8 Å². The molecule has 2 saturated carbocycles. The zero-order valence-corrected chi connectivity index (χ0v) is 18.0. The van der Waals surface area contributed by atoms with E-state index < -0.39 is 12.7 Å². The van der Waals surface area contributed by atoms with Gasteiger partial charge in [0.1, 0.15) is 12.6 Å². The Labute approximate surface area is 186 Å². The third kappa shape index (κ3) is 4.87. The van der Waals surface area contributed by atoms with Gasteiger partial charge in [0.05, 0.1) is 12.3 Å². The minimum absolute atomic E-state index is 0.122. The number of nitrogens with zero attached hydrogens (tertiary/aromatic N) is 2. The average molecular weight is 453 g/mol. The minimum atomic E-state index is -3.07. The van der Waals surface area contributed by atoms with Gasteiger partial charge in [-0.05, 0) is 37.8 Å². The number of amides is 2. The fourth-order valence-corrected chi connectivity index (χ4v) is 4.54. The second-order valence-corrected chi connectivity index (χ2v) is 8.52. The van der Waals surface area contributed by atoms with E-state index in [0.717, 1.165) is 38.5 Å². The van der Waals surface area contributed by atoms with Gasteiger partial charge in [-0.15, -0.1) is 0 Å². The number of morpholine rings is 1. The molecular formula is C22H30F2N4O4. The van der Waals surface area contributed by atoms with Gasteiger partial charge >= 0.3 is 6.61 Å². The molecule has 10 heteroatoms. The molecule has 1 atom stereocenters. The molecule has 2 aliphatic carbocycles. The fraction of sp³-hybridized carbons (Fsp3) is 0.636. The first-order chi connectivity index (χ1) is 15.5. The largest absolute Gasteiger partial charge is 0.433 e. The summed E-state index contributed by atoms with van der Waals surface area (Å²) < 4.78 is 35.9. The second kappa shape index (κ2) is 10.1. The molecular weight excluding hydrogens is 422 g/mol. The number of nitrogens with two attached hydrogens (primary N) is 1. The van der Waals surface area contributed by atoms with Gasteiger partial charge in [-0.2, -0.15) is 8.78 Å². The summed E-state index contributed by atoms with van der Waals surface area (Å²) in [5.74, 6) is -0.774. The molecule has 1 saturated heterocycles. The molecule has 0 spiro atoms. The number of halogens is 2. The summed E-state index contributed by atoms with van der Waals surface area (Å²) in [6.07, 6.45) is 6.57.